The van der Waals surface area contributed by atoms with Crippen LogP contribution in [-0.4, -0.2) is 19.6 Å². The first kappa shape index (κ1) is 23.5. The fourth-order valence-electron chi connectivity index (χ4n) is 2.81. The summed E-state index contributed by atoms with van der Waals surface area (Å²) in [5, 5.41) is 13.6. The number of carbonyl (C=O) groups is 1. The van der Waals surface area contributed by atoms with Crippen molar-refractivity contribution in [2.45, 2.75) is 0 Å². The van der Waals surface area contributed by atoms with Crippen LogP contribution in [0.15, 0.2) is 60.7 Å². The molecule has 162 valence electrons. The molecule has 0 aliphatic rings. The molecule has 3 aromatic rings. The summed E-state index contributed by atoms with van der Waals surface area (Å²) in [6, 6.07) is 19.1. The molecule has 3 aromatic carbocycles. The van der Waals surface area contributed by atoms with E-state index in [9.17, 15) is 10.1 Å². The summed E-state index contributed by atoms with van der Waals surface area (Å²) in [5.74, 6) is 0.183. The second-order valence-electron chi connectivity index (χ2n) is 6.55. The van der Waals surface area contributed by atoms with E-state index in [4.69, 9.17) is 44.3 Å². The molecular weight excluding hydrogens is 471 g/mol. The predicted molar refractivity (Wildman–Crippen MR) is 129 cm³/mol. The summed E-state index contributed by atoms with van der Waals surface area (Å²) in [6.45, 7) is -0.276. The van der Waals surface area contributed by atoms with Gasteiger partial charge in [0.2, 0.25) is 0 Å². The largest absolute Gasteiger partial charge is 0.493 e. The first-order chi connectivity index (χ1) is 15.4. The summed E-state index contributed by atoms with van der Waals surface area (Å²) in [7, 11) is 1.46. The van der Waals surface area contributed by atoms with Crippen LogP contribution < -0.4 is 14.8 Å². The van der Waals surface area contributed by atoms with Gasteiger partial charge in [-0.1, -0.05) is 46.9 Å². The average molecular weight is 488 g/mol. The lowest BCUT2D eigenvalue weighted by Crippen LogP contribution is -2.20. The topological polar surface area (TPSA) is 71.3 Å². The molecule has 0 aliphatic heterocycles. The van der Waals surface area contributed by atoms with Crippen LogP contribution in [0, 0.1) is 11.3 Å². The molecule has 0 radical (unpaired) electrons. The Bertz CT molecular complexity index is 1180. The van der Waals surface area contributed by atoms with Crippen molar-refractivity contribution in [2.24, 2.45) is 0 Å². The minimum Gasteiger partial charge on any atom is -0.493 e. The minimum atomic E-state index is -0.371. The van der Waals surface area contributed by atoms with Crippen LogP contribution in [0.1, 0.15) is 11.1 Å². The van der Waals surface area contributed by atoms with Crippen LogP contribution in [0.3, 0.4) is 0 Å². The zero-order valence-corrected chi connectivity index (χ0v) is 19.1. The molecule has 0 bridgehead atoms. The van der Waals surface area contributed by atoms with Gasteiger partial charge in [-0.15, -0.1) is 0 Å². The number of allylic oxidation sites excluding steroid dienone is 1. The molecule has 0 heterocycles. The molecule has 1 N–H and O–H groups in total. The Hall–Kier alpha value is -3.17. The Kier molecular flexibility index (Phi) is 8.02. The fraction of sp³-hybridized carbons (Fsp3) is 0.0833. The van der Waals surface area contributed by atoms with Crippen molar-refractivity contribution >= 4 is 58.0 Å². The number of hydrogen-bond donors (Lipinski definition) is 1. The molecule has 0 atom stereocenters. The number of hydrogen-bond acceptors (Lipinski definition) is 4. The molecule has 5 nitrogen and oxygen atoms in total. The molecule has 0 fully saturated rings. The Balaban J connectivity index is 1.77. The Morgan fingerprint density at radius 2 is 1.66 bits per heavy atom. The van der Waals surface area contributed by atoms with Crippen molar-refractivity contribution in [2.75, 3.05) is 19.0 Å². The second kappa shape index (κ2) is 10.9. The molecule has 3 rings (SSSR count). The van der Waals surface area contributed by atoms with Gasteiger partial charge in [0.1, 0.15) is 0 Å². The van der Waals surface area contributed by atoms with E-state index in [0.29, 0.717) is 38.2 Å². The summed E-state index contributed by atoms with van der Waals surface area (Å²) in [4.78, 5) is 12.2. The molecule has 0 saturated heterocycles. The normalized spacial score (nSPS) is 10.9. The molecule has 0 aliphatic carbocycles. The summed E-state index contributed by atoms with van der Waals surface area (Å²) in [6.07, 6.45) is 1.68. The van der Waals surface area contributed by atoms with E-state index < -0.39 is 0 Å². The number of amides is 1. The number of methoxy groups -OCH3 is 1. The van der Waals surface area contributed by atoms with Crippen LogP contribution in [-0.2, 0) is 4.79 Å². The number of halogens is 3. The third kappa shape index (κ3) is 6.18. The Morgan fingerprint density at radius 3 is 2.25 bits per heavy atom. The van der Waals surface area contributed by atoms with Crippen molar-refractivity contribution in [1.29, 1.82) is 5.26 Å². The second-order valence-corrected chi connectivity index (χ2v) is 7.83. The lowest BCUT2D eigenvalue weighted by atomic mass is 10.0. The molecule has 0 unspecified atom stereocenters. The molecular formula is C24H17Cl3N2O3. The van der Waals surface area contributed by atoms with Gasteiger partial charge in [-0.2, -0.15) is 5.26 Å². The van der Waals surface area contributed by atoms with Gasteiger partial charge < -0.3 is 14.8 Å². The van der Waals surface area contributed by atoms with Gasteiger partial charge in [0.15, 0.2) is 18.1 Å². The first-order valence-corrected chi connectivity index (χ1v) is 10.5. The van der Waals surface area contributed by atoms with Crippen LogP contribution in [0.2, 0.25) is 15.1 Å². The van der Waals surface area contributed by atoms with Gasteiger partial charge in [0.05, 0.1) is 23.8 Å². The van der Waals surface area contributed by atoms with Gasteiger partial charge in [-0.25, -0.2) is 0 Å². The zero-order valence-electron chi connectivity index (χ0n) is 16.9. The quantitative estimate of drug-likeness (QED) is 0.296. The number of nitriles is 1. The van der Waals surface area contributed by atoms with Crippen molar-refractivity contribution < 1.29 is 14.3 Å². The van der Waals surface area contributed by atoms with Crippen LogP contribution >= 0.6 is 34.8 Å². The number of rotatable bonds is 7. The smallest absolute Gasteiger partial charge is 0.262 e. The van der Waals surface area contributed by atoms with Gasteiger partial charge in [-0.05, 0) is 65.7 Å². The van der Waals surface area contributed by atoms with Gasteiger partial charge >= 0.3 is 0 Å². The highest BCUT2D eigenvalue weighted by Crippen LogP contribution is 2.37. The monoisotopic (exact) mass is 486 g/mol. The first-order valence-electron chi connectivity index (χ1n) is 9.33. The summed E-state index contributed by atoms with van der Waals surface area (Å²) >= 11 is 18.1. The number of ether oxygens (including phenoxy) is 2. The summed E-state index contributed by atoms with van der Waals surface area (Å²) in [5.41, 5.74) is 2.37. The van der Waals surface area contributed by atoms with E-state index in [2.05, 4.69) is 11.4 Å². The van der Waals surface area contributed by atoms with E-state index >= 15 is 0 Å². The van der Waals surface area contributed by atoms with E-state index in [1.54, 1.807) is 66.7 Å². The Labute approximate surface area is 200 Å². The SMILES string of the molecule is COc1cc(/C=C(\C#N)c2ccc(Cl)cc2)cc(Cl)c1OCC(=O)Nc1ccc(Cl)cc1. The number of nitrogens with zero attached hydrogens (tertiary/aromatic N) is 1. The summed E-state index contributed by atoms with van der Waals surface area (Å²) < 4.78 is 11.0. The van der Waals surface area contributed by atoms with Gasteiger partial charge in [-0.3, -0.25) is 4.79 Å². The predicted octanol–water partition coefficient (Wildman–Crippen LogP) is 6.74. The highest BCUT2D eigenvalue weighted by molar-refractivity contribution is 6.32. The zero-order chi connectivity index (χ0) is 23.1. The number of carbonyl (C=O) groups excluding carboxylic acids is 1. The maximum atomic E-state index is 12.2. The van der Waals surface area contributed by atoms with E-state index in [1.165, 1.54) is 7.11 Å². The molecule has 1 amide bonds. The maximum absolute atomic E-state index is 12.2. The number of benzene rings is 3. The lowest BCUT2D eigenvalue weighted by Gasteiger charge is -2.13. The standard InChI is InChI=1S/C24H17Cl3N2O3/c1-31-22-12-15(10-17(13-28)16-2-4-18(25)5-3-16)11-21(27)24(22)32-14-23(30)29-20-8-6-19(26)7-9-20/h2-12H,14H2,1H3,(H,29,30)/b17-10+. The van der Waals surface area contributed by atoms with Crippen molar-refractivity contribution in [1.82, 2.24) is 0 Å². The molecule has 0 spiro atoms. The molecule has 32 heavy (non-hydrogen) atoms. The third-order valence-electron chi connectivity index (χ3n) is 4.31. The van der Waals surface area contributed by atoms with Crippen LogP contribution in [0.4, 0.5) is 5.69 Å². The van der Waals surface area contributed by atoms with Crippen molar-refractivity contribution in [3.05, 3.63) is 86.9 Å². The highest BCUT2D eigenvalue weighted by atomic mass is 35.5. The average Bonchev–Trinajstić information content (AvgIpc) is 2.78. The Morgan fingerprint density at radius 1 is 1.03 bits per heavy atom. The van der Waals surface area contributed by atoms with E-state index in [1.807, 2.05) is 0 Å². The number of nitrogens with one attached hydrogen (secondary N) is 1. The lowest BCUT2D eigenvalue weighted by molar-refractivity contribution is -0.118. The van der Waals surface area contributed by atoms with Gasteiger partial charge in [0.25, 0.3) is 5.91 Å². The van der Waals surface area contributed by atoms with E-state index in [-0.39, 0.29) is 23.3 Å². The van der Waals surface area contributed by atoms with Crippen molar-refractivity contribution in [3.63, 3.8) is 0 Å². The maximum Gasteiger partial charge on any atom is 0.262 e. The molecule has 0 aromatic heterocycles. The van der Waals surface area contributed by atoms with Gasteiger partial charge in [0, 0.05) is 15.7 Å². The molecule has 8 heteroatoms. The van der Waals surface area contributed by atoms with Crippen LogP contribution in [0.5, 0.6) is 11.5 Å². The highest BCUT2D eigenvalue weighted by Gasteiger charge is 2.14. The van der Waals surface area contributed by atoms with Crippen LogP contribution in [0.25, 0.3) is 11.6 Å². The number of anilines is 1. The minimum absolute atomic E-state index is 0.225. The third-order valence-corrected chi connectivity index (χ3v) is 5.10. The van der Waals surface area contributed by atoms with E-state index in [0.717, 1.165) is 0 Å². The molecule has 0 saturated carbocycles. The van der Waals surface area contributed by atoms with Crippen molar-refractivity contribution in [3.8, 4) is 17.6 Å². The fourth-order valence-corrected chi connectivity index (χ4v) is 3.33.